The maximum atomic E-state index is 13.9. The van der Waals surface area contributed by atoms with Gasteiger partial charge in [-0.1, -0.05) is 6.07 Å². The number of nitro groups is 1. The Morgan fingerprint density at radius 1 is 1.24 bits per heavy atom. The molecule has 0 saturated heterocycles. The molecule has 0 unspecified atom stereocenters. The van der Waals surface area contributed by atoms with Gasteiger partial charge in [0.25, 0.3) is 15.7 Å². The molecule has 0 spiro atoms. The summed E-state index contributed by atoms with van der Waals surface area (Å²) in [7, 11) is -4.25. The molecule has 0 fully saturated rings. The monoisotopic (exact) mass is 367 g/mol. The first-order chi connectivity index (χ1) is 11.5. The van der Waals surface area contributed by atoms with Crippen molar-refractivity contribution in [3.63, 3.8) is 0 Å². The lowest BCUT2D eigenvalue weighted by atomic mass is 10.1. The molecule has 0 aromatic heterocycles. The number of amides is 1. The van der Waals surface area contributed by atoms with Crippen LogP contribution in [0.2, 0.25) is 0 Å². The van der Waals surface area contributed by atoms with E-state index in [9.17, 15) is 27.7 Å². The van der Waals surface area contributed by atoms with Gasteiger partial charge in [-0.3, -0.25) is 19.6 Å². The lowest BCUT2D eigenvalue weighted by Gasteiger charge is -2.13. The van der Waals surface area contributed by atoms with Gasteiger partial charge in [0.2, 0.25) is 5.91 Å². The molecule has 0 atom stereocenters. The van der Waals surface area contributed by atoms with Crippen LogP contribution in [0.25, 0.3) is 0 Å². The largest absolute Gasteiger partial charge is 0.366 e. The Morgan fingerprint density at radius 3 is 2.44 bits per heavy atom. The second-order valence-corrected chi connectivity index (χ2v) is 6.96. The molecule has 2 aromatic rings. The van der Waals surface area contributed by atoms with E-state index in [0.717, 1.165) is 18.2 Å². The third-order valence-electron chi connectivity index (χ3n) is 3.55. The van der Waals surface area contributed by atoms with Crippen molar-refractivity contribution in [1.29, 1.82) is 0 Å². The molecular formula is C15H14FN3O5S. The number of nitrogens with two attached hydrogens (primary N) is 1. The van der Waals surface area contributed by atoms with Crippen LogP contribution in [0.3, 0.4) is 0 Å². The number of nitrogens with zero attached hydrogens (tertiary/aromatic N) is 1. The zero-order chi connectivity index (χ0) is 18.9. The minimum Gasteiger partial charge on any atom is -0.366 e. The van der Waals surface area contributed by atoms with Crippen LogP contribution in [0.4, 0.5) is 15.8 Å². The lowest BCUT2D eigenvalue weighted by Crippen LogP contribution is -2.17. The summed E-state index contributed by atoms with van der Waals surface area (Å²) < 4.78 is 41.2. The summed E-state index contributed by atoms with van der Waals surface area (Å²) in [6.45, 7) is 2.78. The van der Waals surface area contributed by atoms with Crippen LogP contribution >= 0.6 is 0 Å². The third kappa shape index (κ3) is 3.74. The number of primary amides is 1. The lowest BCUT2D eigenvalue weighted by molar-refractivity contribution is -0.385. The second-order valence-electron chi connectivity index (χ2n) is 5.31. The Morgan fingerprint density at radius 2 is 1.88 bits per heavy atom. The van der Waals surface area contributed by atoms with Crippen LogP contribution in [-0.2, 0) is 10.0 Å². The number of rotatable bonds is 5. The smallest absolute Gasteiger partial charge is 0.270 e. The minimum absolute atomic E-state index is 0.0448. The molecule has 0 aliphatic carbocycles. The van der Waals surface area contributed by atoms with Crippen LogP contribution in [0.15, 0.2) is 35.2 Å². The van der Waals surface area contributed by atoms with Gasteiger partial charge in [0.05, 0.1) is 15.5 Å². The molecule has 10 heteroatoms. The number of carbonyl (C=O) groups is 1. The highest BCUT2D eigenvalue weighted by atomic mass is 32.2. The van der Waals surface area contributed by atoms with Gasteiger partial charge < -0.3 is 5.73 Å². The SMILES string of the molecule is Cc1ccc([N+](=O)[O-])cc1S(=O)(=O)Nc1cc(C(N)=O)cc(F)c1C. The van der Waals surface area contributed by atoms with Crippen molar-refractivity contribution in [2.75, 3.05) is 4.72 Å². The number of aryl methyl sites for hydroxylation is 1. The van der Waals surface area contributed by atoms with Gasteiger partial charge in [0.15, 0.2) is 0 Å². The van der Waals surface area contributed by atoms with Crippen LogP contribution < -0.4 is 10.5 Å². The van der Waals surface area contributed by atoms with Crippen molar-refractivity contribution in [3.05, 3.63) is 63.0 Å². The third-order valence-corrected chi connectivity index (χ3v) is 5.05. The van der Waals surface area contributed by atoms with E-state index in [1.165, 1.54) is 26.0 Å². The molecule has 0 radical (unpaired) electrons. The molecule has 25 heavy (non-hydrogen) atoms. The topological polar surface area (TPSA) is 132 Å². The number of halogens is 1. The van der Waals surface area contributed by atoms with Crippen molar-refractivity contribution < 1.29 is 22.5 Å². The number of benzene rings is 2. The molecule has 1 amide bonds. The molecule has 0 aliphatic rings. The number of carbonyl (C=O) groups excluding carboxylic acids is 1. The summed E-state index contributed by atoms with van der Waals surface area (Å²) in [4.78, 5) is 21.0. The van der Waals surface area contributed by atoms with Gasteiger partial charge in [-0.2, -0.15) is 0 Å². The molecule has 0 heterocycles. The zero-order valence-electron chi connectivity index (χ0n) is 13.2. The molecule has 3 N–H and O–H groups in total. The number of nitrogens with one attached hydrogen (secondary N) is 1. The number of hydrogen-bond acceptors (Lipinski definition) is 5. The molecule has 0 saturated carbocycles. The number of sulfonamides is 1. The van der Waals surface area contributed by atoms with Crippen LogP contribution in [0.5, 0.6) is 0 Å². The van der Waals surface area contributed by atoms with Crippen LogP contribution in [-0.4, -0.2) is 19.2 Å². The molecule has 0 bridgehead atoms. The fourth-order valence-electron chi connectivity index (χ4n) is 2.12. The van der Waals surface area contributed by atoms with E-state index >= 15 is 0 Å². The molecule has 0 aliphatic heterocycles. The normalized spacial score (nSPS) is 11.2. The number of hydrogen-bond donors (Lipinski definition) is 2. The Labute approximate surface area is 142 Å². The average molecular weight is 367 g/mol. The quantitative estimate of drug-likeness (QED) is 0.618. The van der Waals surface area contributed by atoms with Crippen molar-refractivity contribution in [3.8, 4) is 0 Å². The van der Waals surface area contributed by atoms with Crippen LogP contribution in [0.1, 0.15) is 21.5 Å². The molecular weight excluding hydrogens is 353 g/mol. The fourth-order valence-corrected chi connectivity index (χ4v) is 3.50. The first-order valence-electron chi connectivity index (χ1n) is 6.90. The van der Waals surface area contributed by atoms with E-state index in [2.05, 4.69) is 4.72 Å². The zero-order valence-corrected chi connectivity index (χ0v) is 14.1. The van der Waals surface area contributed by atoms with E-state index in [1.807, 2.05) is 0 Å². The van der Waals surface area contributed by atoms with Gasteiger partial charge in [0, 0.05) is 23.3 Å². The number of non-ortho nitro benzene ring substituents is 1. The highest BCUT2D eigenvalue weighted by molar-refractivity contribution is 7.92. The predicted octanol–water partition coefficient (Wildman–Crippen LogP) is 2.25. The summed E-state index contributed by atoms with van der Waals surface area (Å²) in [6, 6.07) is 5.37. The van der Waals surface area contributed by atoms with E-state index in [0.29, 0.717) is 0 Å². The number of anilines is 1. The van der Waals surface area contributed by atoms with Crippen molar-refractivity contribution in [1.82, 2.24) is 0 Å². The van der Waals surface area contributed by atoms with Crippen LogP contribution in [0, 0.1) is 29.8 Å². The average Bonchev–Trinajstić information content (AvgIpc) is 2.51. The summed E-state index contributed by atoms with van der Waals surface area (Å²) in [5.74, 6) is -1.74. The van der Waals surface area contributed by atoms with E-state index in [-0.39, 0.29) is 27.3 Å². The van der Waals surface area contributed by atoms with Crippen molar-refractivity contribution >= 4 is 27.3 Å². The highest BCUT2D eigenvalue weighted by Crippen LogP contribution is 2.27. The van der Waals surface area contributed by atoms with Gasteiger partial charge in [-0.15, -0.1) is 0 Å². The summed E-state index contributed by atoms with van der Waals surface area (Å²) in [5.41, 5.74) is 4.52. The van der Waals surface area contributed by atoms with Gasteiger partial charge in [0.1, 0.15) is 5.82 Å². The first kappa shape index (κ1) is 18.3. The Balaban J connectivity index is 2.55. The maximum absolute atomic E-state index is 13.9. The van der Waals surface area contributed by atoms with Crippen molar-refractivity contribution in [2.24, 2.45) is 5.73 Å². The summed E-state index contributed by atoms with van der Waals surface area (Å²) >= 11 is 0. The van der Waals surface area contributed by atoms with E-state index in [4.69, 9.17) is 5.73 Å². The molecule has 2 aromatic carbocycles. The predicted molar refractivity (Wildman–Crippen MR) is 88.3 cm³/mol. The summed E-state index contributed by atoms with van der Waals surface area (Å²) in [5, 5.41) is 10.9. The standard InChI is InChI=1S/C15H14FN3O5S/c1-8-3-4-11(19(21)22)7-14(8)25(23,24)18-13-6-10(15(17)20)5-12(16)9(13)2/h3-7,18H,1-2H3,(H2,17,20). The second kappa shape index (κ2) is 6.48. The Hall–Kier alpha value is -3.01. The fraction of sp³-hybridized carbons (Fsp3) is 0.133. The number of nitro benzene ring substituents is 1. The van der Waals surface area contributed by atoms with Gasteiger partial charge in [-0.05, 0) is 31.5 Å². The maximum Gasteiger partial charge on any atom is 0.270 e. The Kier molecular flexibility index (Phi) is 4.75. The van der Waals surface area contributed by atoms with E-state index < -0.39 is 32.4 Å². The molecule has 2 rings (SSSR count). The highest BCUT2D eigenvalue weighted by Gasteiger charge is 2.22. The van der Waals surface area contributed by atoms with E-state index in [1.54, 1.807) is 0 Å². The minimum atomic E-state index is -4.25. The first-order valence-corrected chi connectivity index (χ1v) is 8.39. The Bertz CT molecular complexity index is 989. The van der Waals surface area contributed by atoms with Crippen molar-refractivity contribution in [2.45, 2.75) is 18.7 Å². The van der Waals surface area contributed by atoms with Gasteiger partial charge in [-0.25, -0.2) is 12.8 Å². The molecule has 132 valence electrons. The summed E-state index contributed by atoms with van der Waals surface area (Å²) in [6.07, 6.45) is 0. The molecule has 8 nitrogen and oxygen atoms in total. The van der Waals surface area contributed by atoms with Gasteiger partial charge >= 0.3 is 0 Å².